The van der Waals surface area contributed by atoms with Crippen molar-refractivity contribution in [1.82, 2.24) is 25.1 Å². The zero-order chi connectivity index (χ0) is 22.3. The van der Waals surface area contributed by atoms with Gasteiger partial charge in [0.2, 0.25) is 5.88 Å². The molecule has 1 amide bonds. The van der Waals surface area contributed by atoms with Gasteiger partial charge in [-0.15, -0.1) is 15.3 Å². The van der Waals surface area contributed by atoms with Crippen LogP contribution in [-0.4, -0.2) is 52.6 Å². The highest BCUT2D eigenvalue weighted by molar-refractivity contribution is 5.94. The highest BCUT2D eigenvalue weighted by Gasteiger charge is 2.14. The van der Waals surface area contributed by atoms with E-state index in [1.165, 1.54) is 0 Å². The van der Waals surface area contributed by atoms with Crippen molar-refractivity contribution >= 4 is 11.6 Å². The fourth-order valence-electron chi connectivity index (χ4n) is 3.14. The summed E-state index contributed by atoms with van der Waals surface area (Å²) >= 11 is 0. The number of aromatic nitrogens is 4. The second kappa shape index (κ2) is 9.78. The Morgan fingerprint density at radius 1 is 1.00 bits per heavy atom. The quantitative estimate of drug-likeness (QED) is 0.405. The predicted octanol–water partition coefficient (Wildman–Crippen LogP) is 3.01. The molecule has 0 radical (unpaired) electrons. The molecule has 4 aromatic rings. The molecule has 9 heteroatoms. The van der Waals surface area contributed by atoms with Crippen molar-refractivity contribution in [1.29, 1.82) is 0 Å². The Morgan fingerprint density at radius 3 is 2.59 bits per heavy atom. The highest BCUT2D eigenvalue weighted by Crippen LogP contribution is 2.28. The van der Waals surface area contributed by atoms with E-state index in [0.29, 0.717) is 41.8 Å². The van der Waals surface area contributed by atoms with Crippen LogP contribution in [0.5, 0.6) is 17.4 Å². The lowest BCUT2D eigenvalue weighted by molar-refractivity contribution is 0.0946. The summed E-state index contributed by atoms with van der Waals surface area (Å²) in [4.78, 5) is 12.3. The molecule has 0 saturated heterocycles. The zero-order valence-electron chi connectivity index (χ0n) is 17.8. The van der Waals surface area contributed by atoms with Crippen LogP contribution in [0.1, 0.15) is 17.3 Å². The van der Waals surface area contributed by atoms with E-state index in [2.05, 4.69) is 20.6 Å². The topological polar surface area (TPSA) is 99.9 Å². The molecule has 0 saturated carbocycles. The lowest BCUT2D eigenvalue weighted by Crippen LogP contribution is -2.28. The third-order valence-electron chi connectivity index (χ3n) is 4.65. The van der Waals surface area contributed by atoms with Crippen LogP contribution in [0.25, 0.3) is 17.0 Å². The van der Waals surface area contributed by atoms with Crippen LogP contribution < -0.4 is 19.5 Å². The van der Waals surface area contributed by atoms with Crippen LogP contribution in [0.4, 0.5) is 0 Å². The van der Waals surface area contributed by atoms with Crippen LogP contribution in [0, 0.1) is 0 Å². The van der Waals surface area contributed by atoms with Crippen molar-refractivity contribution in [3.63, 3.8) is 0 Å². The standard InChI is InChI=1S/C23H23N5O4/c1-3-31-17-10-8-16(9-11-17)23(29)24-14-15-32-21-13-12-20-25-26-22(28(20)27-21)18-6-4-5-7-19(18)30-2/h4-13H,3,14-15H2,1-2H3,(H,24,29). The Morgan fingerprint density at radius 2 is 1.81 bits per heavy atom. The third-order valence-corrected chi connectivity index (χ3v) is 4.65. The minimum absolute atomic E-state index is 0.183. The maximum atomic E-state index is 12.3. The van der Waals surface area contributed by atoms with Gasteiger partial charge in [0.05, 0.1) is 25.8 Å². The van der Waals surface area contributed by atoms with Crippen LogP contribution in [0.3, 0.4) is 0 Å². The molecule has 2 aromatic heterocycles. The number of amides is 1. The summed E-state index contributed by atoms with van der Waals surface area (Å²) in [6.45, 7) is 3.08. The molecule has 0 fully saturated rings. The van der Waals surface area contributed by atoms with Crippen LogP contribution in [0.2, 0.25) is 0 Å². The summed E-state index contributed by atoms with van der Waals surface area (Å²) in [7, 11) is 1.60. The number of carbonyl (C=O) groups is 1. The van der Waals surface area contributed by atoms with Gasteiger partial charge >= 0.3 is 0 Å². The predicted molar refractivity (Wildman–Crippen MR) is 118 cm³/mol. The molecule has 164 valence electrons. The molecule has 2 heterocycles. The minimum atomic E-state index is -0.183. The number of hydrogen-bond donors (Lipinski definition) is 1. The summed E-state index contributed by atoms with van der Waals surface area (Å²) < 4.78 is 18.1. The molecular weight excluding hydrogens is 410 g/mol. The summed E-state index contributed by atoms with van der Waals surface area (Å²) in [5, 5.41) is 15.7. The van der Waals surface area contributed by atoms with E-state index >= 15 is 0 Å². The lowest BCUT2D eigenvalue weighted by atomic mass is 10.2. The molecule has 9 nitrogen and oxygen atoms in total. The first kappa shape index (κ1) is 21.1. The van der Waals surface area contributed by atoms with Gasteiger partial charge in [0.1, 0.15) is 18.1 Å². The van der Waals surface area contributed by atoms with Gasteiger partial charge in [0.15, 0.2) is 11.5 Å². The largest absolute Gasteiger partial charge is 0.496 e. The number of fused-ring (bicyclic) bond motifs is 1. The number of ether oxygens (including phenoxy) is 3. The number of para-hydroxylation sites is 1. The van der Waals surface area contributed by atoms with Crippen molar-refractivity contribution in [2.24, 2.45) is 0 Å². The van der Waals surface area contributed by atoms with E-state index in [9.17, 15) is 4.79 Å². The lowest BCUT2D eigenvalue weighted by Gasteiger charge is -2.09. The number of nitrogens with zero attached hydrogens (tertiary/aromatic N) is 4. The van der Waals surface area contributed by atoms with Gasteiger partial charge in [-0.1, -0.05) is 12.1 Å². The molecule has 32 heavy (non-hydrogen) atoms. The molecule has 0 bridgehead atoms. The van der Waals surface area contributed by atoms with Crippen molar-refractivity contribution in [3.8, 4) is 28.8 Å². The van der Waals surface area contributed by atoms with Gasteiger partial charge in [-0.2, -0.15) is 4.52 Å². The summed E-state index contributed by atoms with van der Waals surface area (Å²) in [6.07, 6.45) is 0. The first-order valence-corrected chi connectivity index (χ1v) is 10.2. The average molecular weight is 433 g/mol. The second-order valence-corrected chi connectivity index (χ2v) is 6.73. The maximum absolute atomic E-state index is 12.3. The smallest absolute Gasteiger partial charge is 0.251 e. The fraction of sp³-hybridized carbons (Fsp3) is 0.217. The van der Waals surface area contributed by atoms with Crippen molar-refractivity contribution in [3.05, 3.63) is 66.2 Å². The molecule has 2 aromatic carbocycles. The Bertz CT molecular complexity index is 1210. The minimum Gasteiger partial charge on any atom is -0.496 e. The van der Waals surface area contributed by atoms with E-state index < -0.39 is 0 Å². The molecule has 0 aliphatic rings. The average Bonchev–Trinajstić information content (AvgIpc) is 3.25. The SMILES string of the molecule is CCOc1ccc(C(=O)NCCOc2ccc3nnc(-c4ccccc4OC)n3n2)cc1. The molecule has 0 spiro atoms. The van der Waals surface area contributed by atoms with E-state index in [1.807, 2.05) is 31.2 Å². The fourth-order valence-corrected chi connectivity index (χ4v) is 3.14. The van der Waals surface area contributed by atoms with Gasteiger partial charge in [0, 0.05) is 11.6 Å². The van der Waals surface area contributed by atoms with Crippen molar-refractivity contribution in [2.75, 3.05) is 26.9 Å². The molecule has 0 aliphatic carbocycles. The Hall–Kier alpha value is -4.14. The van der Waals surface area contributed by atoms with E-state index in [0.717, 1.165) is 11.3 Å². The first-order valence-electron chi connectivity index (χ1n) is 10.2. The molecule has 0 atom stereocenters. The van der Waals surface area contributed by atoms with Gasteiger partial charge in [-0.25, -0.2) is 0 Å². The Kier molecular flexibility index (Phi) is 6.45. The first-order chi connectivity index (χ1) is 15.7. The van der Waals surface area contributed by atoms with Crippen molar-refractivity contribution in [2.45, 2.75) is 6.92 Å². The van der Waals surface area contributed by atoms with Crippen LogP contribution in [-0.2, 0) is 0 Å². The van der Waals surface area contributed by atoms with Gasteiger partial charge in [-0.3, -0.25) is 4.79 Å². The van der Waals surface area contributed by atoms with Gasteiger partial charge < -0.3 is 19.5 Å². The summed E-state index contributed by atoms with van der Waals surface area (Å²) in [5.41, 5.74) is 1.91. The number of hydrogen-bond acceptors (Lipinski definition) is 7. The maximum Gasteiger partial charge on any atom is 0.251 e. The summed E-state index contributed by atoms with van der Waals surface area (Å²) in [6, 6.07) is 18.0. The summed E-state index contributed by atoms with van der Waals surface area (Å²) in [5.74, 6) is 2.16. The monoisotopic (exact) mass is 433 g/mol. The Balaban J connectivity index is 1.38. The molecular formula is C23H23N5O4. The van der Waals surface area contributed by atoms with Gasteiger partial charge in [-0.05, 0) is 49.4 Å². The van der Waals surface area contributed by atoms with Crippen molar-refractivity contribution < 1.29 is 19.0 Å². The second-order valence-electron chi connectivity index (χ2n) is 6.73. The van der Waals surface area contributed by atoms with Crippen LogP contribution >= 0.6 is 0 Å². The number of rotatable bonds is 9. The van der Waals surface area contributed by atoms with Gasteiger partial charge in [0.25, 0.3) is 5.91 Å². The number of benzene rings is 2. The Labute approximate surface area is 185 Å². The number of methoxy groups -OCH3 is 1. The molecule has 0 unspecified atom stereocenters. The molecule has 0 aliphatic heterocycles. The third kappa shape index (κ3) is 4.61. The van der Waals surface area contributed by atoms with E-state index in [1.54, 1.807) is 48.0 Å². The number of nitrogens with one attached hydrogen (secondary N) is 1. The molecule has 1 N–H and O–H groups in total. The van der Waals surface area contributed by atoms with E-state index in [4.69, 9.17) is 14.2 Å². The van der Waals surface area contributed by atoms with E-state index in [-0.39, 0.29) is 12.5 Å². The molecule has 4 rings (SSSR count). The number of carbonyl (C=O) groups excluding carboxylic acids is 1. The normalized spacial score (nSPS) is 10.7. The zero-order valence-corrected chi connectivity index (χ0v) is 17.8. The van der Waals surface area contributed by atoms with Crippen LogP contribution in [0.15, 0.2) is 60.7 Å². The highest BCUT2D eigenvalue weighted by atomic mass is 16.5.